The van der Waals surface area contributed by atoms with E-state index in [0.717, 1.165) is 6.04 Å². The Morgan fingerprint density at radius 2 is 1.95 bits per heavy atom. The number of hydrogen-bond acceptors (Lipinski definition) is 2. The highest BCUT2D eigenvalue weighted by atomic mass is 15.2. The van der Waals surface area contributed by atoms with Gasteiger partial charge >= 0.3 is 0 Å². The molecule has 0 aliphatic carbocycles. The van der Waals surface area contributed by atoms with E-state index in [9.17, 15) is 0 Å². The summed E-state index contributed by atoms with van der Waals surface area (Å²) < 4.78 is 0. The Morgan fingerprint density at radius 3 is 2.74 bits per heavy atom. The Kier molecular flexibility index (Phi) is 4.52. The molecule has 1 aromatic carbocycles. The minimum absolute atomic E-state index is 0.671. The SMILES string of the molecule is c1ccc(C2CCCN2CCC2CCCCN2)cc1. The minimum Gasteiger partial charge on any atom is -0.314 e. The monoisotopic (exact) mass is 258 g/mol. The first-order chi connectivity index (χ1) is 9.43. The van der Waals surface area contributed by atoms with Crippen LogP contribution in [0.3, 0.4) is 0 Å². The van der Waals surface area contributed by atoms with E-state index in [4.69, 9.17) is 0 Å². The first-order valence-corrected chi connectivity index (χ1v) is 7.96. The predicted octanol–water partition coefficient (Wildman–Crippen LogP) is 3.36. The second-order valence-electron chi connectivity index (χ2n) is 6.04. The highest BCUT2D eigenvalue weighted by Gasteiger charge is 2.26. The van der Waals surface area contributed by atoms with E-state index < -0.39 is 0 Å². The van der Waals surface area contributed by atoms with Crippen molar-refractivity contribution in [2.45, 2.75) is 50.6 Å². The molecule has 1 aromatic rings. The van der Waals surface area contributed by atoms with Gasteiger partial charge in [0.25, 0.3) is 0 Å². The third kappa shape index (κ3) is 3.37. The fraction of sp³-hybridized carbons (Fsp3) is 0.647. The molecule has 104 valence electrons. The number of benzene rings is 1. The maximum absolute atomic E-state index is 3.67. The molecular weight excluding hydrogens is 232 g/mol. The second kappa shape index (κ2) is 6.53. The van der Waals surface area contributed by atoms with Gasteiger partial charge in [-0.3, -0.25) is 4.90 Å². The van der Waals surface area contributed by atoms with Crippen LogP contribution in [0.5, 0.6) is 0 Å². The van der Waals surface area contributed by atoms with Crippen LogP contribution in [-0.2, 0) is 0 Å². The molecule has 2 heteroatoms. The van der Waals surface area contributed by atoms with Crippen LogP contribution in [-0.4, -0.2) is 30.6 Å². The summed E-state index contributed by atoms with van der Waals surface area (Å²) in [7, 11) is 0. The topological polar surface area (TPSA) is 15.3 Å². The van der Waals surface area contributed by atoms with Gasteiger partial charge in [0.1, 0.15) is 0 Å². The van der Waals surface area contributed by atoms with Crippen molar-refractivity contribution < 1.29 is 0 Å². The Bertz CT molecular complexity index is 370. The predicted molar refractivity (Wildman–Crippen MR) is 80.2 cm³/mol. The summed E-state index contributed by atoms with van der Waals surface area (Å²) in [5.74, 6) is 0. The van der Waals surface area contributed by atoms with Crippen molar-refractivity contribution in [3.8, 4) is 0 Å². The molecule has 0 saturated carbocycles. The molecular formula is C17H26N2. The molecule has 2 atom stereocenters. The van der Waals surface area contributed by atoms with Crippen LogP contribution in [0.25, 0.3) is 0 Å². The molecule has 2 unspecified atom stereocenters. The highest BCUT2D eigenvalue weighted by Crippen LogP contribution is 2.31. The average molecular weight is 258 g/mol. The van der Waals surface area contributed by atoms with Crippen LogP contribution in [0.15, 0.2) is 30.3 Å². The molecule has 2 saturated heterocycles. The van der Waals surface area contributed by atoms with Crippen LogP contribution in [0.2, 0.25) is 0 Å². The lowest BCUT2D eigenvalue weighted by Gasteiger charge is -2.29. The Balaban J connectivity index is 1.54. The van der Waals surface area contributed by atoms with E-state index in [2.05, 4.69) is 40.5 Å². The zero-order valence-electron chi connectivity index (χ0n) is 11.9. The summed E-state index contributed by atoms with van der Waals surface area (Å²) >= 11 is 0. The Morgan fingerprint density at radius 1 is 1.05 bits per heavy atom. The van der Waals surface area contributed by atoms with Gasteiger partial charge in [-0.05, 0) is 50.8 Å². The molecule has 0 amide bonds. The molecule has 2 heterocycles. The van der Waals surface area contributed by atoms with Crippen molar-refractivity contribution in [1.29, 1.82) is 0 Å². The lowest BCUT2D eigenvalue weighted by molar-refractivity contribution is 0.232. The lowest BCUT2D eigenvalue weighted by Crippen LogP contribution is -2.37. The van der Waals surface area contributed by atoms with Crippen molar-refractivity contribution in [3.63, 3.8) is 0 Å². The summed E-state index contributed by atoms with van der Waals surface area (Å²) in [5.41, 5.74) is 1.51. The highest BCUT2D eigenvalue weighted by molar-refractivity contribution is 5.19. The molecule has 2 nitrogen and oxygen atoms in total. The normalized spacial score (nSPS) is 28.6. The quantitative estimate of drug-likeness (QED) is 0.891. The number of nitrogens with zero attached hydrogens (tertiary/aromatic N) is 1. The zero-order valence-corrected chi connectivity index (χ0v) is 11.9. The fourth-order valence-electron chi connectivity index (χ4n) is 3.64. The van der Waals surface area contributed by atoms with Crippen molar-refractivity contribution in [3.05, 3.63) is 35.9 Å². The minimum atomic E-state index is 0.671. The van der Waals surface area contributed by atoms with Crippen LogP contribution in [0, 0.1) is 0 Å². The Hall–Kier alpha value is -0.860. The van der Waals surface area contributed by atoms with Crippen LogP contribution in [0.4, 0.5) is 0 Å². The van der Waals surface area contributed by atoms with E-state index in [-0.39, 0.29) is 0 Å². The van der Waals surface area contributed by atoms with E-state index in [1.54, 1.807) is 0 Å². The van der Waals surface area contributed by atoms with Gasteiger partial charge in [0.15, 0.2) is 0 Å². The van der Waals surface area contributed by atoms with Crippen LogP contribution in [0.1, 0.15) is 50.1 Å². The molecule has 3 rings (SSSR count). The van der Waals surface area contributed by atoms with Gasteiger partial charge in [-0.1, -0.05) is 36.8 Å². The summed E-state index contributed by atoms with van der Waals surface area (Å²) in [6.45, 7) is 3.77. The van der Waals surface area contributed by atoms with Gasteiger partial charge in [0, 0.05) is 18.6 Å². The Labute approximate surface area is 117 Å². The van der Waals surface area contributed by atoms with Gasteiger partial charge in [0.2, 0.25) is 0 Å². The summed E-state index contributed by atoms with van der Waals surface area (Å²) in [6, 6.07) is 12.5. The van der Waals surface area contributed by atoms with Gasteiger partial charge in [-0.2, -0.15) is 0 Å². The van der Waals surface area contributed by atoms with Crippen molar-refractivity contribution >= 4 is 0 Å². The van der Waals surface area contributed by atoms with E-state index >= 15 is 0 Å². The molecule has 0 aromatic heterocycles. The van der Waals surface area contributed by atoms with E-state index in [0.29, 0.717) is 6.04 Å². The number of piperidine rings is 1. The van der Waals surface area contributed by atoms with Crippen molar-refractivity contribution in [2.24, 2.45) is 0 Å². The van der Waals surface area contributed by atoms with Gasteiger partial charge in [-0.15, -0.1) is 0 Å². The number of nitrogens with one attached hydrogen (secondary N) is 1. The molecule has 2 aliphatic heterocycles. The summed E-state index contributed by atoms with van der Waals surface area (Å²) in [4.78, 5) is 2.70. The molecule has 0 spiro atoms. The maximum Gasteiger partial charge on any atom is 0.0348 e. The molecule has 19 heavy (non-hydrogen) atoms. The fourth-order valence-corrected chi connectivity index (χ4v) is 3.64. The number of rotatable bonds is 4. The third-order valence-corrected chi connectivity index (χ3v) is 4.73. The largest absolute Gasteiger partial charge is 0.314 e. The number of hydrogen-bond donors (Lipinski definition) is 1. The average Bonchev–Trinajstić information content (AvgIpc) is 2.95. The van der Waals surface area contributed by atoms with Crippen LogP contribution < -0.4 is 5.32 Å². The van der Waals surface area contributed by atoms with Gasteiger partial charge < -0.3 is 5.32 Å². The van der Waals surface area contributed by atoms with Crippen molar-refractivity contribution in [2.75, 3.05) is 19.6 Å². The lowest BCUT2D eigenvalue weighted by atomic mass is 10.0. The van der Waals surface area contributed by atoms with Crippen LogP contribution >= 0.6 is 0 Å². The van der Waals surface area contributed by atoms with E-state index in [1.165, 1.54) is 63.7 Å². The standard InChI is InChI=1S/C17H26N2/c1-2-7-15(8-3-1)17-10-6-13-19(17)14-11-16-9-4-5-12-18-16/h1-3,7-8,16-18H,4-6,9-14H2. The van der Waals surface area contributed by atoms with Gasteiger partial charge in [-0.25, -0.2) is 0 Å². The summed E-state index contributed by atoms with van der Waals surface area (Å²) in [5, 5.41) is 3.67. The molecule has 2 aliphatic rings. The van der Waals surface area contributed by atoms with Gasteiger partial charge in [0.05, 0.1) is 0 Å². The molecule has 1 N–H and O–H groups in total. The summed E-state index contributed by atoms with van der Waals surface area (Å²) in [6.07, 6.45) is 8.18. The molecule has 2 fully saturated rings. The smallest absolute Gasteiger partial charge is 0.0348 e. The van der Waals surface area contributed by atoms with Crippen molar-refractivity contribution in [1.82, 2.24) is 10.2 Å². The number of likely N-dealkylation sites (tertiary alicyclic amines) is 1. The third-order valence-electron chi connectivity index (χ3n) is 4.73. The molecule has 0 bridgehead atoms. The first-order valence-electron chi connectivity index (χ1n) is 7.96. The second-order valence-corrected chi connectivity index (χ2v) is 6.04. The maximum atomic E-state index is 3.67. The molecule has 0 radical (unpaired) electrons. The zero-order chi connectivity index (χ0) is 12.9. The van der Waals surface area contributed by atoms with E-state index in [1.807, 2.05) is 0 Å². The first kappa shape index (κ1) is 13.1.